The molecule has 4 rings (SSSR count). The second-order valence-corrected chi connectivity index (χ2v) is 8.61. The quantitative estimate of drug-likeness (QED) is 0.612. The van der Waals surface area contributed by atoms with Gasteiger partial charge >= 0.3 is 0 Å². The number of carbonyl (C=O) groups is 1. The SMILES string of the molecule is O=C(c1ccc(Cn2ccnc2)cc1)N1CCSC(c2ccccc2Cl)CC1. The number of halogens is 1. The molecular weight excluding hydrogens is 390 g/mol. The van der Waals surface area contributed by atoms with E-state index in [0.717, 1.165) is 48.0 Å². The maximum atomic E-state index is 13.0. The number of imidazole rings is 1. The summed E-state index contributed by atoms with van der Waals surface area (Å²) in [6.45, 7) is 2.27. The Morgan fingerprint density at radius 2 is 1.96 bits per heavy atom. The summed E-state index contributed by atoms with van der Waals surface area (Å²) in [4.78, 5) is 19.0. The molecule has 0 radical (unpaired) electrons. The molecule has 0 spiro atoms. The lowest BCUT2D eigenvalue weighted by Crippen LogP contribution is -2.32. The largest absolute Gasteiger partial charge is 0.338 e. The zero-order valence-corrected chi connectivity index (χ0v) is 17.1. The minimum Gasteiger partial charge on any atom is -0.338 e. The standard InChI is InChI=1S/C22H22ClN3OS/c23-20-4-2-1-3-19(20)21-9-11-26(13-14-28-21)22(27)18-7-5-17(6-8-18)15-25-12-10-24-16-25/h1-8,10,12,16,21H,9,11,13-15H2. The molecular formula is C22H22ClN3OS. The van der Waals surface area contributed by atoms with Gasteiger partial charge in [-0.05, 0) is 35.7 Å². The minimum absolute atomic E-state index is 0.106. The average Bonchev–Trinajstić information content (AvgIpc) is 3.10. The molecule has 1 fully saturated rings. The van der Waals surface area contributed by atoms with Gasteiger partial charge in [-0.1, -0.05) is 41.9 Å². The van der Waals surface area contributed by atoms with Crippen LogP contribution in [0.1, 0.15) is 33.2 Å². The summed E-state index contributed by atoms with van der Waals surface area (Å²) in [6.07, 6.45) is 6.41. The summed E-state index contributed by atoms with van der Waals surface area (Å²) < 4.78 is 2.01. The molecule has 0 bridgehead atoms. The Kier molecular flexibility index (Phi) is 6.03. The molecule has 144 valence electrons. The normalized spacial score (nSPS) is 17.3. The summed E-state index contributed by atoms with van der Waals surface area (Å²) in [6, 6.07) is 15.9. The van der Waals surface area contributed by atoms with Crippen molar-refractivity contribution in [2.75, 3.05) is 18.8 Å². The molecule has 0 saturated carbocycles. The van der Waals surface area contributed by atoms with Gasteiger partial charge in [-0.25, -0.2) is 4.98 Å². The van der Waals surface area contributed by atoms with Crippen LogP contribution in [0.3, 0.4) is 0 Å². The molecule has 1 aromatic heterocycles. The van der Waals surface area contributed by atoms with Crippen molar-refractivity contribution < 1.29 is 4.79 Å². The van der Waals surface area contributed by atoms with E-state index in [1.807, 2.05) is 69.9 Å². The predicted octanol–water partition coefficient (Wildman–Crippen LogP) is 4.91. The lowest BCUT2D eigenvalue weighted by Gasteiger charge is -2.21. The molecule has 1 atom stereocenters. The first kappa shape index (κ1) is 19.1. The van der Waals surface area contributed by atoms with E-state index in [1.165, 1.54) is 5.56 Å². The zero-order valence-electron chi connectivity index (χ0n) is 15.5. The number of hydrogen-bond donors (Lipinski definition) is 0. The highest BCUT2D eigenvalue weighted by molar-refractivity contribution is 7.99. The van der Waals surface area contributed by atoms with Crippen molar-refractivity contribution in [1.82, 2.24) is 14.5 Å². The van der Waals surface area contributed by atoms with Crippen LogP contribution in [0.2, 0.25) is 5.02 Å². The molecule has 1 unspecified atom stereocenters. The van der Waals surface area contributed by atoms with Crippen molar-refractivity contribution in [3.63, 3.8) is 0 Å². The number of carbonyl (C=O) groups excluding carboxylic acids is 1. The topological polar surface area (TPSA) is 38.1 Å². The second-order valence-electron chi connectivity index (χ2n) is 6.89. The van der Waals surface area contributed by atoms with Crippen molar-refractivity contribution in [3.8, 4) is 0 Å². The van der Waals surface area contributed by atoms with Crippen LogP contribution in [0.15, 0.2) is 67.3 Å². The number of aromatic nitrogens is 2. The number of benzene rings is 2. The van der Waals surface area contributed by atoms with Crippen LogP contribution < -0.4 is 0 Å². The van der Waals surface area contributed by atoms with E-state index in [1.54, 1.807) is 12.5 Å². The highest BCUT2D eigenvalue weighted by atomic mass is 35.5. The Balaban J connectivity index is 1.40. The van der Waals surface area contributed by atoms with Gasteiger partial charge in [0.2, 0.25) is 0 Å². The third-order valence-electron chi connectivity index (χ3n) is 5.01. The van der Waals surface area contributed by atoms with Crippen LogP contribution in [0.5, 0.6) is 0 Å². The van der Waals surface area contributed by atoms with Crippen LogP contribution in [0.4, 0.5) is 0 Å². The van der Waals surface area contributed by atoms with Gasteiger partial charge in [-0.2, -0.15) is 11.8 Å². The highest BCUT2D eigenvalue weighted by Gasteiger charge is 2.24. The van der Waals surface area contributed by atoms with Gasteiger partial charge < -0.3 is 9.47 Å². The van der Waals surface area contributed by atoms with Crippen molar-refractivity contribution in [1.29, 1.82) is 0 Å². The van der Waals surface area contributed by atoms with Gasteiger partial charge in [-0.15, -0.1) is 0 Å². The summed E-state index contributed by atoms with van der Waals surface area (Å²) in [5.41, 5.74) is 3.07. The van der Waals surface area contributed by atoms with E-state index in [9.17, 15) is 4.79 Å². The van der Waals surface area contributed by atoms with E-state index >= 15 is 0 Å². The number of amides is 1. The molecule has 1 saturated heterocycles. The lowest BCUT2D eigenvalue weighted by atomic mass is 10.1. The fraction of sp³-hybridized carbons (Fsp3) is 0.273. The fourth-order valence-corrected chi connectivity index (χ4v) is 5.08. The summed E-state index contributed by atoms with van der Waals surface area (Å²) in [7, 11) is 0. The molecule has 1 aliphatic rings. The van der Waals surface area contributed by atoms with Gasteiger partial charge in [0.05, 0.1) is 6.33 Å². The van der Waals surface area contributed by atoms with Gasteiger partial charge in [0.15, 0.2) is 0 Å². The smallest absolute Gasteiger partial charge is 0.253 e. The Morgan fingerprint density at radius 3 is 2.71 bits per heavy atom. The van der Waals surface area contributed by atoms with Gasteiger partial charge in [-0.3, -0.25) is 4.79 Å². The Morgan fingerprint density at radius 1 is 1.14 bits per heavy atom. The van der Waals surface area contributed by atoms with Crippen LogP contribution in [0, 0.1) is 0 Å². The molecule has 0 aliphatic carbocycles. The fourth-order valence-electron chi connectivity index (χ4n) is 3.48. The monoisotopic (exact) mass is 411 g/mol. The van der Waals surface area contributed by atoms with Crippen molar-refractivity contribution in [3.05, 3.63) is 89.0 Å². The van der Waals surface area contributed by atoms with Gasteiger partial charge in [0.1, 0.15) is 0 Å². The van der Waals surface area contributed by atoms with E-state index in [-0.39, 0.29) is 5.91 Å². The Hall–Kier alpha value is -2.24. The maximum absolute atomic E-state index is 13.0. The van der Waals surface area contributed by atoms with E-state index in [2.05, 4.69) is 11.1 Å². The van der Waals surface area contributed by atoms with Crippen LogP contribution in [-0.4, -0.2) is 39.2 Å². The van der Waals surface area contributed by atoms with E-state index in [0.29, 0.717) is 5.25 Å². The second kappa shape index (κ2) is 8.84. The van der Waals surface area contributed by atoms with E-state index in [4.69, 9.17) is 11.6 Å². The number of hydrogen-bond acceptors (Lipinski definition) is 3. The summed E-state index contributed by atoms with van der Waals surface area (Å²) >= 11 is 8.26. The average molecular weight is 412 g/mol. The molecule has 0 N–H and O–H groups in total. The number of thioether (sulfide) groups is 1. The number of rotatable bonds is 4. The summed E-state index contributed by atoms with van der Waals surface area (Å²) in [5, 5.41) is 1.15. The predicted molar refractivity (Wildman–Crippen MR) is 115 cm³/mol. The van der Waals surface area contributed by atoms with Crippen molar-refractivity contribution in [2.24, 2.45) is 0 Å². The van der Waals surface area contributed by atoms with Crippen LogP contribution in [-0.2, 0) is 6.54 Å². The third-order valence-corrected chi connectivity index (χ3v) is 6.66. The first-order valence-corrected chi connectivity index (χ1v) is 10.8. The molecule has 2 heterocycles. The summed E-state index contributed by atoms with van der Waals surface area (Å²) in [5.74, 6) is 1.02. The van der Waals surface area contributed by atoms with Gasteiger partial charge in [0.25, 0.3) is 5.91 Å². The van der Waals surface area contributed by atoms with Crippen molar-refractivity contribution in [2.45, 2.75) is 18.2 Å². The lowest BCUT2D eigenvalue weighted by molar-refractivity contribution is 0.0766. The number of nitrogens with zero attached hydrogens (tertiary/aromatic N) is 3. The van der Waals surface area contributed by atoms with Crippen LogP contribution in [0.25, 0.3) is 0 Å². The molecule has 6 heteroatoms. The molecule has 1 amide bonds. The van der Waals surface area contributed by atoms with E-state index < -0.39 is 0 Å². The Bertz CT molecular complexity index is 927. The third kappa shape index (κ3) is 4.42. The van der Waals surface area contributed by atoms with Gasteiger partial charge in [0, 0.05) is 53.6 Å². The molecule has 28 heavy (non-hydrogen) atoms. The molecule has 2 aromatic carbocycles. The first-order valence-electron chi connectivity index (χ1n) is 9.41. The van der Waals surface area contributed by atoms with Crippen molar-refractivity contribution >= 4 is 29.3 Å². The first-order chi connectivity index (χ1) is 13.7. The molecule has 4 nitrogen and oxygen atoms in total. The maximum Gasteiger partial charge on any atom is 0.253 e. The Labute approximate surface area is 174 Å². The molecule has 1 aliphatic heterocycles. The highest BCUT2D eigenvalue weighted by Crippen LogP contribution is 2.37. The minimum atomic E-state index is 0.106. The molecule has 3 aromatic rings. The zero-order chi connectivity index (χ0) is 19.3. The van der Waals surface area contributed by atoms with Crippen LogP contribution >= 0.6 is 23.4 Å².